The van der Waals surface area contributed by atoms with Crippen LogP contribution in [0.4, 0.5) is 0 Å². The summed E-state index contributed by atoms with van der Waals surface area (Å²) in [4.78, 5) is 15.8. The highest BCUT2D eigenvalue weighted by atomic mass is 35.5. The van der Waals surface area contributed by atoms with Crippen LogP contribution in [0.3, 0.4) is 0 Å². The van der Waals surface area contributed by atoms with Crippen molar-refractivity contribution in [2.24, 2.45) is 0 Å². The van der Waals surface area contributed by atoms with Crippen LogP contribution < -0.4 is 5.69 Å². The number of hydrogen-bond donors (Lipinski definition) is 0. The summed E-state index contributed by atoms with van der Waals surface area (Å²) in [5.74, 6) is 0. The third-order valence-electron chi connectivity index (χ3n) is 3.17. The van der Waals surface area contributed by atoms with E-state index in [2.05, 4.69) is 4.98 Å². The summed E-state index contributed by atoms with van der Waals surface area (Å²) < 4.78 is 1.74. The summed E-state index contributed by atoms with van der Waals surface area (Å²) in [6.07, 6.45) is 5.23. The Kier molecular flexibility index (Phi) is 2.21. The number of halogens is 1. The predicted octanol–water partition coefficient (Wildman–Crippen LogP) is 2.77. The molecular formula is C12H11ClN2O. The predicted molar refractivity (Wildman–Crippen MR) is 63.9 cm³/mol. The van der Waals surface area contributed by atoms with Crippen molar-refractivity contribution < 1.29 is 0 Å². The van der Waals surface area contributed by atoms with Gasteiger partial charge in [0.15, 0.2) is 0 Å². The lowest BCUT2D eigenvalue weighted by Crippen LogP contribution is -2.30. The maximum Gasteiger partial charge on any atom is 0.348 e. The van der Waals surface area contributed by atoms with E-state index in [1.807, 2.05) is 12.3 Å². The van der Waals surface area contributed by atoms with Gasteiger partial charge in [-0.2, -0.15) is 4.98 Å². The van der Waals surface area contributed by atoms with Gasteiger partial charge in [0.05, 0.1) is 5.52 Å². The molecule has 0 unspecified atom stereocenters. The number of fused-ring (bicyclic) bond motifs is 1. The number of hydrogen-bond acceptors (Lipinski definition) is 2. The molecule has 3 nitrogen and oxygen atoms in total. The zero-order valence-corrected chi connectivity index (χ0v) is 9.44. The van der Waals surface area contributed by atoms with Crippen molar-refractivity contribution in [3.05, 3.63) is 39.9 Å². The molecule has 0 bridgehead atoms. The van der Waals surface area contributed by atoms with Gasteiger partial charge in [0.2, 0.25) is 0 Å². The highest BCUT2D eigenvalue weighted by molar-refractivity contribution is 6.31. The lowest BCUT2D eigenvalue weighted by atomic mass is 9.93. The molecule has 2 aromatic rings. The lowest BCUT2D eigenvalue weighted by Gasteiger charge is -2.27. The monoisotopic (exact) mass is 234 g/mol. The zero-order chi connectivity index (χ0) is 11.1. The fourth-order valence-electron chi connectivity index (χ4n) is 2.02. The van der Waals surface area contributed by atoms with Crippen molar-refractivity contribution in [2.45, 2.75) is 25.3 Å². The molecule has 1 fully saturated rings. The second-order valence-electron chi connectivity index (χ2n) is 4.22. The van der Waals surface area contributed by atoms with E-state index in [0.29, 0.717) is 16.6 Å². The lowest BCUT2D eigenvalue weighted by molar-refractivity contribution is 0.304. The highest BCUT2D eigenvalue weighted by Crippen LogP contribution is 2.30. The van der Waals surface area contributed by atoms with Crippen LogP contribution in [0.15, 0.2) is 29.2 Å². The van der Waals surface area contributed by atoms with E-state index < -0.39 is 0 Å². The molecule has 0 aliphatic heterocycles. The normalized spacial score (nSPS) is 16.3. The van der Waals surface area contributed by atoms with Crippen LogP contribution in [0.25, 0.3) is 10.9 Å². The van der Waals surface area contributed by atoms with E-state index in [0.717, 1.165) is 18.2 Å². The molecule has 3 rings (SSSR count). The minimum absolute atomic E-state index is 0.153. The first-order valence-electron chi connectivity index (χ1n) is 5.42. The third kappa shape index (κ3) is 1.52. The summed E-state index contributed by atoms with van der Waals surface area (Å²) >= 11 is 5.92. The average Bonchev–Trinajstić information content (AvgIpc) is 2.17. The Morgan fingerprint density at radius 1 is 1.38 bits per heavy atom. The van der Waals surface area contributed by atoms with Crippen LogP contribution in [0, 0.1) is 0 Å². The molecule has 0 atom stereocenters. The highest BCUT2D eigenvalue weighted by Gasteiger charge is 2.20. The quantitative estimate of drug-likeness (QED) is 0.761. The van der Waals surface area contributed by atoms with Gasteiger partial charge < -0.3 is 0 Å². The Hall–Kier alpha value is -1.35. The van der Waals surface area contributed by atoms with Crippen LogP contribution in [0.1, 0.15) is 25.3 Å². The molecule has 1 saturated carbocycles. The average molecular weight is 235 g/mol. The van der Waals surface area contributed by atoms with Crippen molar-refractivity contribution in [1.82, 2.24) is 9.55 Å². The largest absolute Gasteiger partial charge is 0.348 e. The van der Waals surface area contributed by atoms with Gasteiger partial charge in [-0.3, -0.25) is 4.57 Å². The van der Waals surface area contributed by atoms with E-state index in [-0.39, 0.29) is 5.69 Å². The van der Waals surface area contributed by atoms with E-state index in [1.165, 1.54) is 6.42 Å². The van der Waals surface area contributed by atoms with Gasteiger partial charge in [0.25, 0.3) is 0 Å². The van der Waals surface area contributed by atoms with Crippen LogP contribution in [0.2, 0.25) is 5.02 Å². The fraction of sp³-hybridized carbons (Fsp3) is 0.333. The van der Waals surface area contributed by atoms with Gasteiger partial charge >= 0.3 is 5.69 Å². The standard InChI is InChI=1S/C12H11ClN2O/c13-9-4-5-11-8(6-9)7-15(12(16)14-11)10-2-1-3-10/h4-7,10H,1-3H2. The minimum atomic E-state index is -0.153. The van der Waals surface area contributed by atoms with Crippen molar-refractivity contribution in [3.63, 3.8) is 0 Å². The molecule has 1 aliphatic carbocycles. The van der Waals surface area contributed by atoms with Gasteiger partial charge in [0, 0.05) is 22.6 Å². The van der Waals surface area contributed by atoms with E-state index in [9.17, 15) is 4.79 Å². The van der Waals surface area contributed by atoms with Gasteiger partial charge in [0.1, 0.15) is 0 Å². The fourth-order valence-corrected chi connectivity index (χ4v) is 2.20. The first-order valence-corrected chi connectivity index (χ1v) is 5.80. The first-order chi connectivity index (χ1) is 7.74. The van der Waals surface area contributed by atoms with Crippen LogP contribution >= 0.6 is 11.6 Å². The van der Waals surface area contributed by atoms with Gasteiger partial charge in [-0.25, -0.2) is 4.79 Å². The SMILES string of the molecule is O=c1nc2ccc(Cl)cc2cn1C1CCC1. The van der Waals surface area contributed by atoms with Crippen molar-refractivity contribution >= 4 is 22.5 Å². The number of benzene rings is 1. The molecule has 1 aromatic carbocycles. The van der Waals surface area contributed by atoms with Crippen molar-refractivity contribution in [3.8, 4) is 0 Å². The second-order valence-corrected chi connectivity index (χ2v) is 4.66. The molecule has 82 valence electrons. The zero-order valence-electron chi connectivity index (χ0n) is 8.69. The summed E-state index contributed by atoms with van der Waals surface area (Å²) in [5, 5.41) is 1.60. The molecule has 0 N–H and O–H groups in total. The van der Waals surface area contributed by atoms with Crippen LogP contribution in [-0.2, 0) is 0 Å². The Balaban J connectivity index is 2.22. The van der Waals surface area contributed by atoms with Crippen LogP contribution in [0.5, 0.6) is 0 Å². The Bertz CT molecular complexity index is 601. The van der Waals surface area contributed by atoms with Gasteiger partial charge in [-0.15, -0.1) is 0 Å². The molecule has 0 amide bonds. The molecule has 1 heterocycles. The molecule has 4 heteroatoms. The summed E-state index contributed by atoms with van der Waals surface area (Å²) in [7, 11) is 0. The van der Waals surface area contributed by atoms with Crippen molar-refractivity contribution in [1.29, 1.82) is 0 Å². The smallest absolute Gasteiger partial charge is 0.295 e. The molecule has 0 spiro atoms. The molecule has 1 aliphatic rings. The summed E-state index contributed by atoms with van der Waals surface area (Å²) in [6.45, 7) is 0. The maximum atomic E-state index is 11.8. The summed E-state index contributed by atoms with van der Waals surface area (Å²) in [5.41, 5.74) is 0.560. The topological polar surface area (TPSA) is 34.9 Å². The van der Waals surface area contributed by atoms with Crippen LogP contribution in [-0.4, -0.2) is 9.55 Å². The second kappa shape index (κ2) is 3.59. The molecule has 16 heavy (non-hydrogen) atoms. The first kappa shape index (κ1) is 9.85. The summed E-state index contributed by atoms with van der Waals surface area (Å²) in [6, 6.07) is 5.72. The Morgan fingerprint density at radius 3 is 2.88 bits per heavy atom. The van der Waals surface area contributed by atoms with E-state index in [1.54, 1.807) is 16.7 Å². The molecule has 0 radical (unpaired) electrons. The number of aromatic nitrogens is 2. The van der Waals surface area contributed by atoms with Gasteiger partial charge in [-0.05, 0) is 37.5 Å². The van der Waals surface area contributed by atoms with E-state index in [4.69, 9.17) is 11.6 Å². The number of rotatable bonds is 1. The Labute approximate surface area is 97.7 Å². The van der Waals surface area contributed by atoms with E-state index >= 15 is 0 Å². The number of nitrogens with zero attached hydrogens (tertiary/aromatic N) is 2. The minimum Gasteiger partial charge on any atom is -0.295 e. The third-order valence-corrected chi connectivity index (χ3v) is 3.41. The Morgan fingerprint density at radius 2 is 2.19 bits per heavy atom. The molecule has 0 saturated heterocycles. The van der Waals surface area contributed by atoms with Gasteiger partial charge in [-0.1, -0.05) is 11.6 Å². The van der Waals surface area contributed by atoms with Crippen molar-refractivity contribution in [2.75, 3.05) is 0 Å². The molecule has 1 aromatic heterocycles. The molecular weight excluding hydrogens is 224 g/mol. The maximum absolute atomic E-state index is 11.8.